The number of anilines is 2. The summed E-state index contributed by atoms with van der Waals surface area (Å²) < 4.78 is 1.66. The molecule has 0 amide bonds. The number of nitrogens with zero attached hydrogens (tertiary/aromatic N) is 2. The van der Waals surface area contributed by atoms with E-state index >= 15 is 0 Å². The van der Waals surface area contributed by atoms with Gasteiger partial charge in [0.1, 0.15) is 5.69 Å². The van der Waals surface area contributed by atoms with Crippen LogP contribution in [0.2, 0.25) is 0 Å². The molecular weight excluding hydrogens is 374 g/mol. The van der Waals surface area contributed by atoms with Crippen LogP contribution in [0, 0.1) is 20.8 Å². The van der Waals surface area contributed by atoms with Crippen molar-refractivity contribution in [2.24, 2.45) is 0 Å². The van der Waals surface area contributed by atoms with Gasteiger partial charge in [-0.1, -0.05) is 55.8 Å². The lowest BCUT2D eigenvalue weighted by Crippen LogP contribution is -2.82. The molecule has 0 spiro atoms. The van der Waals surface area contributed by atoms with Crippen molar-refractivity contribution in [3.63, 3.8) is 0 Å². The smallest absolute Gasteiger partial charge is 0.269 e. The van der Waals surface area contributed by atoms with Crippen molar-refractivity contribution >= 4 is 17.6 Å². The van der Waals surface area contributed by atoms with E-state index in [9.17, 15) is 4.79 Å². The van der Waals surface area contributed by atoms with E-state index in [-0.39, 0.29) is 11.7 Å². The highest BCUT2D eigenvalue weighted by Gasteiger charge is 2.29. The van der Waals surface area contributed by atoms with E-state index in [1.807, 2.05) is 6.92 Å². The molecule has 1 aromatic heterocycles. The predicted octanol–water partition coefficient (Wildman–Crippen LogP) is 2.81. The lowest BCUT2D eigenvalue weighted by Gasteiger charge is -2.23. The van der Waals surface area contributed by atoms with Gasteiger partial charge in [-0.3, -0.25) is 9.79 Å². The molecule has 0 saturated carbocycles. The monoisotopic (exact) mass is 402 g/mol. The van der Waals surface area contributed by atoms with E-state index in [1.54, 1.807) is 10.6 Å². The maximum absolute atomic E-state index is 12.8. The lowest BCUT2D eigenvalue weighted by atomic mass is 10.0. The molecule has 30 heavy (non-hydrogen) atoms. The first kappa shape index (κ1) is 19.9. The summed E-state index contributed by atoms with van der Waals surface area (Å²) in [6.07, 6.45) is -0.365. The number of nitrogens with one attached hydrogen (secondary N) is 3. The molecule has 3 N–H and O–H groups in total. The van der Waals surface area contributed by atoms with Crippen LogP contribution in [-0.4, -0.2) is 15.5 Å². The Kier molecular flexibility index (Phi) is 5.16. The van der Waals surface area contributed by atoms with Crippen LogP contribution in [0.3, 0.4) is 0 Å². The second-order valence-electron chi connectivity index (χ2n) is 8.24. The quantitative estimate of drug-likeness (QED) is 0.630. The van der Waals surface area contributed by atoms with Gasteiger partial charge >= 0.3 is 5.96 Å². The molecule has 154 valence electrons. The van der Waals surface area contributed by atoms with Crippen molar-refractivity contribution < 1.29 is 4.99 Å². The van der Waals surface area contributed by atoms with Gasteiger partial charge in [-0.25, -0.2) is 20.2 Å². The zero-order valence-corrected chi connectivity index (χ0v) is 18.1. The number of fused-ring (bicyclic) bond motifs is 1. The summed E-state index contributed by atoms with van der Waals surface area (Å²) in [5, 5.41) is 6.67. The van der Waals surface area contributed by atoms with Gasteiger partial charge in [0, 0.05) is 17.3 Å². The van der Waals surface area contributed by atoms with E-state index < -0.39 is 0 Å². The largest absolute Gasteiger partial charge is 0.357 e. The third-order valence-corrected chi connectivity index (χ3v) is 5.42. The molecule has 6 nitrogen and oxygen atoms in total. The first-order valence-electron chi connectivity index (χ1n) is 10.3. The highest BCUT2D eigenvalue weighted by molar-refractivity contribution is 5.99. The Morgan fingerprint density at radius 3 is 2.47 bits per heavy atom. The normalized spacial score (nSPS) is 15.4. The van der Waals surface area contributed by atoms with Gasteiger partial charge in [0.15, 0.2) is 6.17 Å². The summed E-state index contributed by atoms with van der Waals surface area (Å²) in [4.78, 5) is 20.8. The second kappa shape index (κ2) is 7.78. The Balaban J connectivity index is 1.78. The van der Waals surface area contributed by atoms with Gasteiger partial charge in [-0.2, -0.15) is 0 Å². The number of aryl methyl sites for hydroxylation is 3. The molecule has 0 bridgehead atoms. The van der Waals surface area contributed by atoms with Gasteiger partial charge in [0.2, 0.25) is 0 Å². The van der Waals surface area contributed by atoms with Crippen molar-refractivity contribution in [1.29, 1.82) is 0 Å². The van der Waals surface area contributed by atoms with E-state index in [0.717, 1.165) is 16.8 Å². The molecule has 2 aromatic carbocycles. The first-order chi connectivity index (χ1) is 14.3. The van der Waals surface area contributed by atoms with Crippen LogP contribution < -0.4 is 21.2 Å². The zero-order valence-electron chi connectivity index (χ0n) is 18.1. The Morgan fingerprint density at radius 2 is 1.80 bits per heavy atom. The van der Waals surface area contributed by atoms with E-state index in [4.69, 9.17) is 0 Å². The highest BCUT2D eigenvalue weighted by Crippen LogP contribution is 2.21. The molecule has 0 unspecified atom stereocenters. The highest BCUT2D eigenvalue weighted by atomic mass is 16.1. The molecule has 4 rings (SSSR count). The van der Waals surface area contributed by atoms with Crippen LogP contribution in [-0.2, 0) is 0 Å². The summed E-state index contributed by atoms with van der Waals surface area (Å²) in [5.41, 5.74) is 6.19. The predicted molar refractivity (Wildman–Crippen MR) is 121 cm³/mol. The van der Waals surface area contributed by atoms with Crippen molar-refractivity contribution in [1.82, 2.24) is 9.55 Å². The molecule has 1 aliphatic heterocycles. The number of aromatic nitrogens is 2. The van der Waals surface area contributed by atoms with Crippen LogP contribution in [0.1, 0.15) is 53.9 Å². The molecule has 0 radical (unpaired) electrons. The molecule has 0 aliphatic carbocycles. The van der Waals surface area contributed by atoms with Crippen LogP contribution in [0.25, 0.3) is 0 Å². The Hall–Kier alpha value is -3.41. The topological polar surface area (TPSA) is 72.9 Å². The Labute approximate surface area is 176 Å². The summed E-state index contributed by atoms with van der Waals surface area (Å²) in [6, 6.07) is 16.2. The van der Waals surface area contributed by atoms with Crippen molar-refractivity contribution in [3.05, 3.63) is 86.8 Å². The standard InChI is InChI=1S/C24H27N5O/c1-14(2)18-7-9-19(10-8-18)22-27-23(26-20-11-6-15(3)12-16(20)4)28-24-25-17(5)13-21(30)29(22)24/h6-14,22H,1-5H3,(H2,25,26,27,28)/p+1/t22-/m1/s1. The van der Waals surface area contributed by atoms with Crippen LogP contribution in [0.15, 0.2) is 53.3 Å². The zero-order chi connectivity index (χ0) is 21.4. The third kappa shape index (κ3) is 3.85. The SMILES string of the molecule is Cc1ccc(NC2=[NH+][C@@H](c3ccc(C(C)C)cc3)n3c(nc(C)cc3=O)N2)c(C)c1. The molecule has 0 fully saturated rings. The van der Waals surface area contributed by atoms with Gasteiger partial charge < -0.3 is 0 Å². The van der Waals surface area contributed by atoms with Crippen LogP contribution in [0.5, 0.6) is 0 Å². The van der Waals surface area contributed by atoms with Crippen molar-refractivity contribution in [3.8, 4) is 0 Å². The fourth-order valence-electron chi connectivity index (χ4n) is 3.74. The number of benzene rings is 2. The van der Waals surface area contributed by atoms with E-state index in [1.165, 1.54) is 11.1 Å². The fraction of sp³-hybridized carbons (Fsp3) is 0.292. The minimum absolute atomic E-state index is 0.0963. The van der Waals surface area contributed by atoms with Gasteiger partial charge in [-0.05, 0) is 43.9 Å². The minimum Gasteiger partial charge on any atom is -0.269 e. The lowest BCUT2D eigenvalue weighted by molar-refractivity contribution is -0.520. The number of rotatable bonds is 3. The van der Waals surface area contributed by atoms with Gasteiger partial charge in [0.25, 0.3) is 11.5 Å². The maximum atomic E-state index is 12.8. The second-order valence-corrected chi connectivity index (χ2v) is 8.24. The molecule has 2 heterocycles. The first-order valence-corrected chi connectivity index (χ1v) is 10.3. The van der Waals surface area contributed by atoms with Crippen molar-refractivity contribution in [2.75, 3.05) is 10.6 Å². The van der Waals surface area contributed by atoms with E-state index in [0.29, 0.717) is 23.5 Å². The third-order valence-electron chi connectivity index (χ3n) is 5.42. The average molecular weight is 403 g/mol. The fourth-order valence-corrected chi connectivity index (χ4v) is 3.74. The summed E-state index contributed by atoms with van der Waals surface area (Å²) in [5.74, 6) is 1.66. The summed E-state index contributed by atoms with van der Waals surface area (Å²) in [7, 11) is 0. The van der Waals surface area contributed by atoms with Gasteiger partial charge in [-0.15, -0.1) is 0 Å². The summed E-state index contributed by atoms with van der Waals surface area (Å²) in [6.45, 7) is 10.3. The van der Waals surface area contributed by atoms with Crippen LogP contribution >= 0.6 is 0 Å². The minimum atomic E-state index is -0.365. The molecule has 1 aliphatic rings. The maximum Gasteiger partial charge on any atom is 0.357 e. The molecular formula is C24H28N5O+. The van der Waals surface area contributed by atoms with Crippen molar-refractivity contribution in [2.45, 2.75) is 46.7 Å². The van der Waals surface area contributed by atoms with Crippen LogP contribution in [0.4, 0.5) is 11.6 Å². The molecule has 3 aromatic rings. The Morgan fingerprint density at radius 1 is 1.07 bits per heavy atom. The summed E-state index contributed by atoms with van der Waals surface area (Å²) >= 11 is 0. The molecule has 6 heteroatoms. The Bertz CT molecular complexity index is 1180. The number of guanidine groups is 1. The molecule has 0 saturated heterocycles. The average Bonchev–Trinajstić information content (AvgIpc) is 2.69. The van der Waals surface area contributed by atoms with E-state index in [2.05, 4.69) is 90.8 Å². The number of hydrogen-bond acceptors (Lipinski definition) is 4. The van der Waals surface area contributed by atoms with Gasteiger partial charge in [0.05, 0.1) is 0 Å². The number of hydrogen-bond donors (Lipinski definition) is 3. The molecule has 1 atom stereocenters.